The normalized spacial score (nSPS) is 20.4. The molecule has 0 saturated carbocycles. The zero-order chi connectivity index (χ0) is 13.2. The number of allylic oxidation sites excluding steroid dienone is 2. The van der Waals surface area contributed by atoms with E-state index in [2.05, 4.69) is 15.2 Å². The molecule has 0 aromatic carbocycles. The molecule has 0 bridgehead atoms. The minimum absolute atomic E-state index is 0.108. The molecule has 0 spiro atoms. The Hall–Kier alpha value is -1.43. The third kappa shape index (κ3) is 3.07. The van der Waals surface area contributed by atoms with Crippen LogP contribution in [0.4, 0.5) is 13.2 Å². The van der Waals surface area contributed by atoms with Crippen LogP contribution in [-0.4, -0.2) is 28.6 Å². The zero-order valence-electron chi connectivity index (χ0n) is 9.15. The summed E-state index contributed by atoms with van der Waals surface area (Å²) in [7, 11) is 0. The molecule has 0 amide bonds. The first kappa shape index (κ1) is 13.0. The minimum atomic E-state index is -4.41. The van der Waals surface area contributed by atoms with Crippen LogP contribution in [0.5, 0.6) is 0 Å². The highest BCUT2D eigenvalue weighted by molar-refractivity contribution is 6.29. The molecule has 96 valence electrons. The van der Waals surface area contributed by atoms with Gasteiger partial charge in [0.15, 0.2) is 5.15 Å². The van der Waals surface area contributed by atoms with Crippen LogP contribution in [-0.2, 0) is 0 Å². The van der Waals surface area contributed by atoms with Gasteiger partial charge in [0.1, 0.15) is 5.71 Å². The van der Waals surface area contributed by atoms with Crippen LogP contribution in [0, 0.1) is 0 Å². The lowest BCUT2D eigenvalue weighted by molar-refractivity contribution is -0.0578. The van der Waals surface area contributed by atoms with Gasteiger partial charge in [0.25, 0.3) is 0 Å². The van der Waals surface area contributed by atoms with Crippen LogP contribution in [0.2, 0.25) is 5.15 Å². The number of nitrogens with zero attached hydrogens (tertiary/aromatic N) is 3. The second-order valence-electron chi connectivity index (χ2n) is 3.80. The minimum Gasteiger partial charge on any atom is -0.281 e. The molecule has 1 aliphatic heterocycles. The Morgan fingerprint density at radius 3 is 2.61 bits per heavy atom. The van der Waals surface area contributed by atoms with Gasteiger partial charge in [-0.3, -0.25) is 4.99 Å². The van der Waals surface area contributed by atoms with E-state index in [4.69, 9.17) is 11.6 Å². The summed E-state index contributed by atoms with van der Waals surface area (Å²) in [5.74, 6) is -0.224. The van der Waals surface area contributed by atoms with Crippen molar-refractivity contribution in [2.75, 3.05) is 6.54 Å². The van der Waals surface area contributed by atoms with Crippen LogP contribution in [0.15, 0.2) is 29.3 Å². The van der Waals surface area contributed by atoms with E-state index in [-0.39, 0.29) is 17.6 Å². The summed E-state index contributed by atoms with van der Waals surface area (Å²) in [4.78, 5) is 3.52. The average Bonchev–Trinajstić information content (AvgIpc) is 2.55. The number of hydrogen-bond donors (Lipinski definition) is 0. The molecule has 0 aliphatic carbocycles. The molecule has 1 unspecified atom stereocenters. The second-order valence-corrected chi connectivity index (χ2v) is 4.19. The van der Waals surface area contributed by atoms with E-state index in [9.17, 15) is 13.2 Å². The third-order valence-corrected chi connectivity index (χ3v) is 2.73. The summed E-state index contributed by atoms with van der Waals surface area (Å²) in [6.45, 7) is 0.108. The molecule has 1 aromatic heterocycles. The van der Waals surface area contributed by atoms with Crippen molar-refractivity contribution in [3.63, 3.8) is 0 Å². The van der Waals surface area contributed by atoms with Crippen molar-refractivity contribution < 1.29 is 13.2 Å². The first-order chi connectivity index (χ1) is 8.47. The fourth-order valence-electron chi connectivity index (χ4n) is 1.63. The monoisotopic (exact) mass is 275 g/mol. The molecule has 18 heavy (non-hydrogen) atoms. The standard InChI is InChI=1S/C11H9ClF3N3/c12-10-4-2-8(17-18-10)7-1-3-9(11(13,14)15)16-6-5-7/h1-4,7H,5-6H2. The van der Waals surface area contributed by atoms with Gasteiger partial charge in [-0.05, 0) is 24.6 Å². The zero-order valence-corrected chi connectivity index (χ0v) is 9.91. The maximum atomic E-state index is 12.5. The highest BCUT2D eigenvalue weighted by atomic mass is 35.5. The molecule has 0 saturated heterocycles. The number of aromatic nitrogens is 2. The molecule has 1 aliphatic rings. The Labute approximate surface area is 106 Å². The summed E-state index contributed by atoms with van der Waals surface area (Å²) in [5.41, 5.74) is -0.263. The van der Waals surface area contributed by atoms with Crippen molar-refractivity contribution in [1.82, 2.24) is 10.2 Å². The molecule has 2 heterocycles. The Bertz CT molecular complexity index is 479. The molecular formula is C11H9ClF3N3. The van der Waals surface area contributed by atoms with Gasteiger partial charge < -0.3 is 0 Å². The summed E-state index contributed by atoms with van der Waals surface area (Å²) in [5, 5.41) is 7.79. The lowest BCUT2D eigenvalue weighted by Crippen LogP contribution is -2.20. The van der Waals surface area contributed by atoms with E-state index in [1.54, 1.807) is 12.1 Å². The summed E-state index contributed by atoms with van der Waals surface area (Å²) in [6.07, 6.45) is -1.49. The third-order valence-electron chi connectivity index (χ3n) is 2.53. The Morgan fingerprint density at radius 2 is 2.00 bits per heavy atom. The quantitative estimate of drug-likeness (QED) is 0.789. The van der Waals surface area contributed by atoms with Crippen LogP contribution in [0.3, 0.4) is 0 Å². The molecule has 0 radical (unpaired) electrons. The second kappa shape index (κ2) is 5.06. The number of halogens is 4. The highest BCUT2D eigenvalue weighted by Crippen LogP contribution is 2.25. The van der Waals surface area contributed by atoms with Crippen molar-refractivity contribution in [2.45, 2.75) is 18.5 Å². The van der Waals surface area contributed by atoms with Crippen molar-refractivity contribution >= 4 is 17.3 Å². The van der Waals surface area contributed by atoms with E-state index >= 15 is 0 Å². The first-order valence-corrected chi connectivity index (χ1v) is 5.63. The van der Waals surface area contributed by atoms with E-state index in [1.807, 2.05) is 0 Å². The molecular weight excluding hydrogens is 267 g/mol. The summed E-state index contributed by atoms with van der Waals surface area (Å²) < 4.78 is 37.4. The van der Waals surface area contributed by atoms with Crippen LogP contribution < -0.4 is 0 Å². The Kier molecular flexibility index (Phi) is 3.65. The van der Waals surface area contributed by atoms with Gasteiger partial charge in [-0.1, -0.05) is 17.7 Å². The van der Waals surface area contributed by atoms with Crippen LogP contribution >= 0.6 is 11.6 Å². The predicted molar refractivity (Wildman–Crippen MR) is 61.9 cm³/mol. The van der Waals surface area contributed by atoms with Gasteiger partial charge in [0, 0.05) is 12.5 Å². The number of rotatable bonds is 1. The molecule has 7 heteroatoms. The van der Waals surface area contributed by atoms with E-state index < -0.39 is 11.9 Å². The Balaban J connectivity index is 2.18. The smallest absolute Gasteiger partial charge is 0.281 e. The van der Waals surface area contributed by atoms with Gasteiger partial charge >= 0.3 is 6.18 Å². The largest absolute Gasteiger partial charge is 0.432 e. The lowest BCUT2D eigenvalue weighted by Gasteiger charge is -2.08. The maximum Gasteiger partial charge on any atom is 0.432 e. The van der Waals surface area contributed by atoms with Crippen LogP contribution in [0.25, 0.3) is 0 Å². The van der Waals surface area contributed by atoms with Gasteiger partial charge in [-0.15, -0.1) is 5.10 Å². The number of aliphatic imine (C=N–C) groups is 1. The topological polar surface area (TPSA) is 38.1 Å². The lowest BCUT2D eigenvalue weighted by atomic mass is 10.0. The van der Waals surface area contributed by atoms with Crippen molar-refractivity contribution in [3.8, 4) is 0 Å². The number of hydrogen-bond acceptors (Lipinski definition) is 3. The fraction of sp³-hybridized carbons (Fsp3) is 0.364. The van der Waals surface area contributed by atoms with Crippen molar-refractivity contribution in [3.05, 3.63) is 35.1 Å². The van der Waals surface area contributed by atoms with E-state index in [1.165, 1.54) is 6.08 Å². The maximum absolute atomic E-state index is 12.5. The van der Waals surface area contributed by atoms with E-state index in [0.29, 0.717) is 12.1 Å². The Morgan fingerprint density at radius 1 is 1.22 bits per heavy atom. The molecule has 1 atom stereocenters. The SMILES string of the molecule is FC(F)(F)C1=NCCC(c2ccc(Cl)nn2)C=C1. The molecule has 2 rings (SSSR count). The predicted octanol–water partition coefficient (Wildman–Crippen LogP) is 3.18. The molecule has 3 nitrogen and oxygen atoms in total. The molecule has 1 aromatic rings. The first-order valence-electron chi connectivity index (χ1n) is 5.26. The number of alkyl halides is 3. The van der Waals surface area contributed by atoms with Gasteiger partial charge in [0.2, 0.25) is 0 Å². The highest BCUT2D eigenvalue weighted by Gasteiger charge is 2.34. The van der Waals surface area contributed by atoms with Crippen molar-refractivity contribution in [1.29, 1.82) is 0 Å². The average molecular weight is 276 g/mol. The van der Waals surface area contributed by atoms with Crippen LogP contribution in [0.1, 0.15) is 18.0 Å². The van der Waals surface area contributed by atoms with Gasteiger partial charge in [0.05, 0.1) is 5.69 Å². The summed E-state index contributed by atoms with van der Waals surface area (Å²) in [6, 6.07) is 3.22. The van der Waals surface area contributed by atoms with Crippen molar-refractivity contribution in [2.24, 2.45) is 4.99 Å². The van der Waals surface area contributed by atoms with E-state index in [0.717, 1.165) is 6.08 Å². The van der Waals surface area contributed by atoms with Gasteiger partial charge in [-0.2, -0.15) is 18.3 Å². The fourth-order valence-corrected chi connectivity index (χ4v) is 1.74. The summed E-state index contributed by atoms with van der Waals surface area (Å²) >= 11 is 5.60. The molecule has 0 fully saturated rings. The van der Waals surface area contributed by atoms with Gasteiger partial charge in [-0.25, -0.2) is 0 Å². The molecule has 0 N–H and O–H groups in total.